The predicted molar refractivity (Wildman–Crippen MR) is 91.3 cm³/mol. The first-order chi connectivity index (χ1) is 10.6. The van der Waals surface area contributed by atoms with Gasteiger partial charge in [-0.1, -0.05) is 31.5 Å². The second-order valence-electron chi connectivity index (χ2n) is 6.23. The average Bonchev–Trinajstić information content (AvgIpc) is 2.85. The van der Waals surface area contributed by atoms with E-state index in [0.29, 0.717) is 0 Å². The molecule has 0 fully saturated rings. The maximum Gasteiger partial charge on any atom is 0.223 e. The zero-order valence-electron chi connectivity index (χ0n) is 13.2. The van der Waals surface area contributed by atoms with E-state index in [-0.39, 0.29) is 17.9 Å². The first-order valence-corrected chi connectivity index (χ1v) is 8.59. The minimum absolute atomic E-state index is 0.142. The summed E-state index contributed by atoms with van der Waals surface area (Å²) in [5, 5.41) is 5.24. The number of amides is 1. The van der Waals surface area contributed by atoms with Crippen LogP contribution in [0.3, 0.4) is 0 Å². The first-order valence-electron chi connectivity index (χ1n) is 8.21. The van der Waals surface area contributed by atoms with E-state index >= 15 is 0 Å². The van der Waals surface area contributed by atoms with Gasteiger partial charge in [0.15, 0.2) is 0 Å². The van der Waals surface area contributed by atoms with E-state index < -0.39 is 0 Å². The van der Waals surface area contributed by atoms with Gasteiger partial charge in [0.25, 0.3) is 0 Å². The number of H-pyrrole nitrogens is 1. The standard InChI is InChI=1S/C18H23ClN2O/c1-3-11(4-2)18(22)20-13-6-8-16-15(10-13)14-7-5-12(19)9-17(14)21-16/h5,7,9,11,13,21H,3-4,6,8,10H2,1-2H3,(H,20,22). The highest BCUT2D eigenvalue weighted by molar-refractivity contribution is 6.31. The summed E-state index contributed by atoms with van der Waals surface area (Å²) >= 11 is 6.07. The number of aromatic amines is 1. The zero-order chi connectivity index (χ0) is 15.7. The molecule has 0 saturated carbocycles. The van der Waals surface area contributed by atoms with Crippen LogP contribution in [0.25, 0.3) is 10.9 Å². The molecule has 22 heavy (non-hydrogen) atoms. The van der Waals surface area contributed by atoms with Crippen molar-refractivity contribution in [2.45, 2.75) is 52.0 Å². The second-order valence-corrected chi connectivity index (χ2v) is 6.67. The summed E-state index contributed by atoms with van der Waals surface area (Å²) in [4.78, 5) is 15.8. The van der Waals surface area contributed by atoms with Crippen molar-refractivity contribution in [2.24, 2.45) is 5.92 Å². The molecule has 1 aromatic heterocycles. The number of hydrogen-bond donors (Lipinski definition) is 2. The largest absolute Gasteiger partial charge is 0.358 e. The fourth-order valence-corrected chi connectivity index (χ4v) is 3.67. The molecule has 3 nitrogen and oxygen atoms in total. The summed E-state index contributed by atoms with van der Waals surface area (Å²) in [5.74, 6) is 0.351. The average molecular weight is 319 g/mol. The van der Waals surface area contributed by atoms with Crippen molar-refractivity contribution >= 4 is 28.4 Å². The monoisotopic (exact) mass is 318 g/mol. The van der Waals surface area contributed by atoms with Crippen molar-refractivity contribution in [1.82, 2.24) is 10.3 Å². The van der Waals surface area contributed by atoms with Gasteiger partial charge in [0.2, 0.25) is 5.91 Å². The summed E-state index contributed by atoms with van der Waals surface area (Å²) in [6.45, 7) is 4.16. The van der Waals surface area contributed by atoms with E-state index in [2.05, 4.69) is 30.2 Å². The summed E-state index contributed by atoms with van der Waals surface area (Å²) in [6, 6.07) is 6.24. The molecule has 118 valence electrons. The SMILES string of the molecule is CCC(CC)C(=O)NC1CCc2[nH]c3cc(Cl)ccc3c2C1. The van der Waals surface area contributed by atoms with E-state index in [4.69, 9.17) is 11.6 Å². The molecule has 0 aliphatic heterocycles. The summed E-state index contributed by atoms with van der Waals surface area (Å²) in [7, 11) is 0. The minimum atomic E-state index is 0.142. The molecule has 1 amide bonds. The summed E-state index contributed by atoms with van der Waals surface area (Å²) < 4.78 is 0. The Balaban J connectivity index is 1.78. The summed E-state index contributed by atoms with van der Waals surface area (Å²) in [5.41, 5.74) is 3.74. The number of nitrogens with one attached hydrogen (secondary N) is 2. The second kappa shape index (κ2) is 6.33. The zero-order valence-corrected chi connectivity index (χ0v) is 14.0. The van der Waals surface area contributed by atoms with E-state index in [1.165, 1.54) is 16.6 Å². The maximum absolute atomic E-state index is 12.3. The Morgan fingerprint density at radius 2 is 2.18 bits per heavy atom. The van der Waals surface area contributed by atoms with Crippen molar-refractivity contribution in [3.63, 3.8) is 0 Å². The van der Waals surface area contributed by atoms with Gasteiger partial charge >= 0.3 is 0 Å². The van der Waals surface area contributed by atoms with Gasteiger partial charge in [-0.05, 0) is 49.8 Å². The lowest BCUT2D eigenvalue weighted by Crippen LogP contribution is -2.41. The molecule has 1 atom stereocenters. The molecular formula is C18H23ClN2O. The smallest absolute Gasteiger partial charge is 0.223 e. The maximum atomic E-state index is 12.3. The molecule has 2 N–H and O–H groups in total. The first kappa shape index (κ1) is 15.4. The number of rotatable bonds is 4. The molecule has 1 unspecified atom stereocenters. The molecule has 4 heteroatoms. The number of carbonyl (C=O) groups is 1. The molecule has 0 bridgehead atoms. The van der Waals surface area contributed by atoms with Crippen LogP contribution >= 0.6 is 11.6 Å². The molecule has 1 aliphatic rings. The van der Waals surface area contributed by atoms with Crippen LogP contribution in [0.5, 0.6) is 0 Å². The number of halogens is 1. The van der Waals surface area contributed by atoms with Gasteiger partial charge in [-0.3, -0.25) is 4.79 Å². The predicted octanol–water partition coefficient (Wildman–Crippen LogP) is 4.23. The van der Waals surface area contributed by atoms with Crippen LogP contribution in [0.1, 0.15) is 44.4 Å². The Morgan fingerprint density at radius 3 is 2.91 bits per heavy atom. The fourth-order valence-electron chi connectivity index (χ4n) is 3.50. The summed E-state index contributed by atoms with van der Waals surface area (Å²) in [6.07, 6.45) is 4.70. The van der Waals surface area contributed by atoms with Crippen molar-refractivity contribution in [3.8, 4) is 0 Å². The lowest BCUT2D eigenvalue weighted by atomic mass is 9.90. The molecule has 1 aromatic carbocycles. The number of carbonyl (C=O) groups excluding carboxylic acids is 1. The molecule has 1 heterocycles. The van der Waals surface area contributed by atoms with Crippen molar-refractivity contribution in [2.75, 3.05) is 0 Å². The lowest BCUT2D eigenvalue weighted by Gasteiger charge is -2.25. The van der Waals surface area contributed by atoms with Crippen LogP contribution in [0.15, 0.2) is 18.2 Å². The Labute approximate surface area is 136 Å². The van der Waals surface area contributed by atoms with E-state index in [1.807, 2.05) is 12.1 Å². The van der Waals surface area contributed by atoms with Gasteiger partial charge in [0.1, 0.15) is 0 Å². The quantitative estimate of drug-likeness (QED) is 0.870. The van der Waals surface area contributed by atoms with Crippen molar-refractivity contribution < 1.29 is 4.79 Å². The number of hydrogen-bond acceptors (Lipinski definition) is 1. The lowest BCUT2D eigenvalue weighted by molar-refractivity contribution is -0.126. The highest BCUT2D eigenvalue weighted by atomic mass is 35.5. The third-order valence-electron chi connectivity index (χ3n) is 4.85. The number of aromatic nitrogens is 1. The van der Waals surface area contributed by atoms with Crippen LogP contribution < -0.4 is 5.32 Å². The highest BCUT2D eigenvalue weighted by Crippen LogP contribution is 2.30. The number of aryl methyl sites for hydroxylation is 1. The molecule has 0 radical (unpaired) electrons. The van der Waals surface area contributed by atoms with E-state index in [9.17, 15) is 4.79 Å². The van der Waals surface area contributed by atoms with Crippen LogP contribution in [0.4, 0.5) is 0 Å². The van der Waals surface area contributed by atoms with Crippen molar-refractivity contribution in [1.29, 1.82) is 0 Å². The molecule has 2 aromatic rings. The van der Waals surface area contributed by atoms with Crippen LogP contribution in [0, 0.1) is 5.92 Å². The normalized spacial score (nSPS) is 17.7. The number of benzene rings is 1. The van der Waals surface area contributed by atoms with E-state index in [1.54, 1.807) is 0 Å². The van der Waals surface area contributed by atoms with Crippen LogP contribution in [-0.4, -0.2) is 16.9 Å². The Morgan fingerprint density at radius 1 is 1.41 bits per heavy atom. The third kappa shape index (κ3) is 2.87. The molecule has 1 aliphatic carbocycles. The Bertz CT molecular complexity index is 688. The van der Waals surface area contributed by atoms with Gasteiger partial charge in [-0.2, -0.15) is 0 Å². The highest BCUT2D eigenvalue weighted by Gasteiger charge is 2.25. The molecular weight excluding hydrogens is 296 g/mol. The van der Waals surface area contributed by atoms with Crippen LogP contribution in [-0.2, 0) is 17.6 Å². The van der Waals surface area contributed by atoms with Gasteiger partial charge < -0.3 is 10.3 Å². The van der Waals surface area contributed by atoms with Gasteiger partial charge in [-0.15, -0.1) is 0 Å². The van der Waals surface area contributed by atoms with Crippen LogP contribution in [0.2, 0.25) is 5.02 Å². The molecule has 0 spiro atoms. The van der Waals surface area contributed by atoms with Gasteiger partial charge in [-0.25, -0.2) is 0 Å². The molecule has 0 saturated heterocycles. The number of fused-ring (bicyclic) bond motifs is 3. The fraction of sp³-hybridized carbons (Fsp3) is 0.500. The molecule has 3 rings (SSSR count). The van der Waals surface area contributed by atoms with Gasteiger partial charge in [0, 0.05) is 33.6 Å². The topological polar surface area (TPSA) is 44.9 Å². The Hall–Kier alpha value is -1.48. The Kier molecular flexibility index (Phi) is 4.44. The minimum Gasteiger partial charge on any atom is -0.358 e. The van der Waals surface area contributed by atoms with E-state index in [0.717, 1.165) is 42.6 Å². The van der Waals surface area contributed by atoms with Crippen molar-refractivity contribution in [3.05, 3.63) is 34.5 Å². The van der Waals surface area contributed by atoms with Gasteiger partial charge in [0.05, 0.1) is 0 Å². The third-order valence-corrected chi connectivity index (χ3v) is 5.09.